The lowest BCUT2D eigenvalue weighted by Gasteiger charge is -2.15. The number of aliphatic imine (C=N–C) groups is 2. The van der Waals surface area contributed by atoms with Crippen molar-refractivity contribution in [1.82, 2.24) is 0 Å². The average Bonchev–Trinajstić information content (AvgIpc) is 2.91. The van der Waals surface area contributed by atoms with Crippen LogP contribution in [0.15, 0.2) is 94.9 Å². The number of carbonyl (C=O) groups is 1. The van der Waals surface area contributed by atoms with Crippen molar-refractivity contribution < 1.29 is 14.6 Å². The number of carbonyl (C=O) groups excluding carboxylic acids is 1. The second-order valence-corrected chi connectivity index (χ2v) is 7.48. The number of hydrogen-bond acceptors (Lipinski definition) is 5. The van der Waals surface area contributed by atoms with E-state index in [1.54, 1.807) is 14.0 Å². The minimum atomic E-state index is 0.537. The van der Waals surface area contributed by atoms with Crippen molar-refractivity contribution in [1.29, 1.82) is 0 Å². The van der Waals surface area contributed by atoms with Crippen LogP contribution in [0.2, 0.25) is 0 Å². The summed E-state index contributed by atoms with van der Waals surface area (Å²) in [4.78, 5) is 17.9. The van der Waals surface area contributed by atoms with Gasteiger partial charge in [-0.1, -0.05) is 54.1 Å². The van der Waals surface area contributed by atoms with Gasteiger partial charge in [0.2, 0.25) is 0 Å². The molecule has 176 valence electrons. The molecule has 0 spiro atoms. The van der Waals surface area contributed by atoms with E-state index in [0.717, 1.165) is 43.6 Å². The lowest BCUT2D eigenvalue weighted by atomic mass is 9.96. The highest BCUT2D eigenvalue weighted by Crippen LogP contribution is 2.27. The molecule has 0 aliphatic carbocycles. The third-order valence-corrected chi connectivity index (χ3v) is 5.02. The number of benzene rings is 3. The lowest BCUT2D eigenvalue weighted by molar-refractivity contribution is -0.102. The molecule has 5 nitrogen and oxygen atoms in total. The van der Waals surface area contributed by atoms with Gasteiger partial charge in [0.15, 0.2) is 6.29 Å². The summed E-state index contributed by atoms with van der Waals surface area (Å²) in [5.41, 5.74) is 6.60. The van der Waals surface area contributed by atoms with Gasteiger partial charge in [0.1, 0.15) is 11.5 Å². The van der Waals surface area contributed by atoms with Crippen LogP contribution >= 0.6 is 0 Å². The van der Waals surface area contributed by atoms with Gasteiger partial charge in [0.25, 0.3) is 0 Å². The van der Waals surface area contributed by atoms with Crippen LogP contribution in [0.1, 0.15) is 30.0 Å². The lowest BCUT2D eigenvalue weighted by Crippen LogP contribution is -2.06. The van der Waals surface area contributed by atoms with Gasteiger partial charge in [0, 0.05) is 20.7 Å². The summed E-state index contributed by atoms with van der Waals surface area (Å²) in [7, 11) is 2.59. The van der Waals surface area contributed by atoms with E-state index < -0.39 is 0 Å². The maximum absolute atomic E-state index is 9.61. The van der Waals surface area contributed by atoms with Crippen LogP contribution in [0.4, 0.5) is 0 Å². The number of nitrogens with zero attached hydrogens (tertiary/aromatic N) is 2. The Morgan fingerprint density at radius 3 is 2.21 bits per heavy atom. The standard InChI is InChI=1S/C24H21NO.C4H7NO.CH4O/c1-18-6-5-7-21(16-18)24-17-20(14-15-25-24)19-10-12-23(13-11-19)26-22-8-3-2-4-9-22;1-4(3-6)5-2;1-2/h2-13,16-17H,14-15H2,1H3;3H,1-2H3;2H,1H3. The van der Waals surface area contributed by atoms with Crippen molar-refractivity contribution in [3.8, 4) is 11.5 Å². The molecule has 0 bridgehead atoms. The number of para-hydroxylation sites is 1. The predicted molar refractivity (Wildman–Crippen MR) is 141 cm³/mol. The molecule has 1 N–H and O–H groups in total. The fraction of sp³-hybridized carbons (Fsp3) is 0.207. The topological polar surface area (TPSA) is 71.2 Å². The smallest absolute Gasteiger partial charge is 0.163 e. The van der Waals surface area contributed by atoms with Crippen molar-refractivity contribution >= 4 is 23.3 Å². The van der Waals surface area contributed by atoms with Gasteiger partial charge in [0.05, 0.1) is 11.4 Å². The van der Waals surface area contributed by atoms with Crippen LogP contribution < -0.4 is 4.74 Å². The number of rotatable bonds is 5. The van der Waals surface area contributed by atoms with Gasteiger partial charge in [-0.2, -0.15) is 0 Å². The van der Waals surface area contributed by atoms with E-state index in [1.807, 2.05) is 42.5 Å². The first-order valence-corrected chi connectivity index (χ1v) is 11.1. The van der Waals surface area contributed by atoms with E-state index in [4.69, 9.17) is 14.8 Å². The molecule has 1 aliphatic heterocycles. The van der Waals surface area contributed by atoms with Crippen LogP contribution in [-0.2, 0) is 4.79 Å². The Hall–Kier alpha value is -3.83. The minimum Gasteiger partial charge on any atom is -0.457 e. The van der Waals surface area contributed by atoms with E-state index in [0.29, 0.717) is 5.71 Å². The fourth-order valence-electron chi connectivity index (χ4n) is 3.20. The molecule has 34 heavy (non-hydrogen) atoms. The van der Waals surface area contributed by atoms with Gasteiger partial charge >= 0.3 is 0 Å². The Bertz CT molecular complexity index is 1130. The van der Waals surface area contributed by atoms with E-state index in [2.05, 4.69) is 54.4 Å². The van der Waals surface area contributed by atoms with E-state index >= 15 is 0 Å². The van der Waals surface area contributed by atoms with Crippen molar-refractivity contribution in [2.45, 2.75) is 20.3 Å². The SMILES string of the molecule is CN=C(C)C=O.CO.Cc1cccc(C2=NCCC(c3ccc(Oc4ccccc4)cc3)=C2)c1. The van der Waals surface area contributed by atoms with Crippen molar-refractivity contribution in [2.75, 3.05) is 20.7 Å². The highest BCUT2D eigenvalue weighted by atomic mass is 16.5. The summed E-state index contributed by atoms with van der Waals surface area (Å²) in [5.74, 6) is 1.70. The van der Waals surface area contributed by atoms with Crippen LogP contribution in [0, 0.1) is 6.92 Å². The van der Waals surface area contributed by atoms with Crippen LogP contribution in [0.3, 0.4) is 0 Å². The molecular weight excluding hydrogens is 424 g/mol. The molecule has 0 saturated carbocycles. The number of aliphatic hydroxyl groups excluding tert-OH is 1. The van der Waals surface area contributed by atoms with E-state index in [1.165, 1.54) is 22.3 Å². The number of aliphatic hydroxyl groups is 1. The number of aryl methyl sites for hydroxylation is 1. The van der Waals surface area contributed by atoms with Crippen molar-refractivity contribution in [3.63, 3.8) is 0 Å². The summed E-state index contributed by atoms with van der Waals surface area (Å²) >= 11 is 0. The number of hydrogen-bond donors (Lipinski definition) is 1. The molecule has 0 amide bonds. The largest absolute Gasteiger partial charge is 0.457 e. The molecule has 4 rings (SSSR count). The van der Waals surface area contributed by atoms with Crippen molar-refractivity contribution in [3.05, 3.63) is 102 Å². The average molecular weight is 457 g/mol. The molecule has 1 heterocycles. The predicted octanol–water partition coefficient (Wildman–Crippen LogP) is 5.95. The molecule has 0 aromatic heterocycles. The van der Waals surface area contributed by atoms with Gasteiger partial charge in [-0.15, -0.1) is 0 Å². The Kier molecular flexibility index (Phi) is 11.1. The molecule has 0 fully saturated rings. The normalized spacial score (nSPS) is 12.7. The number of aldehydes is 1. The zero-order chi connectivity index (χ0) is 24.8. The Morgan fingerprint density at radius 2 is 1.62 bits per heavy atom. The first-order chi connectivity index (χ1) is 16.6. The number of allylic oxidation sites excluding steroid dienone is 1. The monoisotopic (exact) mass is 456 g/mol. The Labute approximate surface area is 202 Å². The minimum absolute atomic E-state index is 0.537. The summed E-state index contributed by atoms with van der Waals surface area (Å²) in [5, 5.41) is 7.00. The molecule has 3 aromatic rings. The Morgan fingerprint density at radius 1 is 0.941 bits per heavy atom. The number of dihydropyridines is 1. The molecule has 5 heteroatoms. The quantitative estimate of drug-likeness (QED) is 0.381. The maximum atomic E-state index is 9.61. The van der Waals surface area contributed by atoms with Crippen LogP contribution in [-0.4, -0.2) is 43.5 Å². The van der Waals surface area contributed by atoms with E-state index in [-0.39, 0.29) is 0 Å². The molecule has 0 saturated heterocycles. The summed E-state index contributed by atoms with van der Waals surface area (Å²) in [6.45, 7) is 4.60. The van der Waals surface area contributed by atoms with Crippen LogP contribution in [0.25, 0.3) is 5.57 Å². The molecule has 3 aromatic carbocycles. The molecule has 0 atom stereocenters. The zero-order valence-corrected chi connectivity index (χ0v) is 20.2. The summed E-state index contributed by atoms with van der Waals surface area (Å²) in [6.07, 6.45) is 3.90. The molecule has 0 unspecified atom stereocenters. The fourth-order valence-corrected chi connectivity index (χ4v) is 3.20. The third-order valence-electron chi connectivity index (χ3n) is 5.02. The van der Waals surface area contributed by atoms with E-state index in [9.17, 15) is 4.79 Å². The van der Waals surface area contributed by atoms with Crippen LogP contribution in [0.5, 0.6) is 11.5 Å². The second-order valence-electron chi connectivity index (χ2n) is 7.48. The zero-order valence-electron chi connectivity index (χ0n) is 20.2. The van der Waals surface area contributed by atoms with Gasteiger partial charge < -0.3 is 9.84 Å². The molecular formula is C29H32N2O3. The summed E-state index contributed by atoms with van der Waals surface area (Å²) in [6, 6.07) is 26.7. The third kappa shape index (κ3) is 8.26. The van der Waals surface area contributed by atoms with Gasteiger partial charge in [-0.05, 0) is 73.4 Å². The van der Waals surface area contributed by atoms with Gasteiger partial charge in [-0.25, -0.2) is 0 Å². The first-order valence-electron chi connectivity index (χ1n) is 11.1. The Balaban J connectivity index is 0.000000447. The number of ether oxygens (including phenoxy) is 1. The second kappa shape index (κ2) is 14.3. The molecule has 1 aliphatic rings. The maximum Gasteiger partial charge on any atom is 0.163 e. The highest BCUT2D eigenvalue weighted by molar-refractivity contribution is 6.26. The van der Waals surface area contributed by atoms with Gasteiger partial charge in [-0.3, -0.25) is 14.8 Å². The highest BCUT2D eigenvalue weighted by Gasteiger charge is 2.11. The summed E-state index contributed by atoms with van der Waals surface area (Å²) < 4.78 is 5.88. The first kappa shape index (κ1) is 26.4. The van der Waals surface area contributed by atoms with Crippen molar-refractivity contribution in [2.24, 2.45) is 9.98 Å². The molecule has 0 radical (unpaired) electrons.